The fourth-order valence-electron chi connectivity index (χ4n) is 2.85. The largest absolute Gasteiger partial charge is 0.317 e. The van der Waals surface area contributed by atoms with Gasteiger partial charge in [0.25, 0.3) is 0 Å². The van der Waals surface area contributed by atoms with E-state index in [1.54, 1.807) is 0 Å². The molecule has 1 aliphatic carbocycles. The van der Waals surface area contributed by atoms with Crippen molar-refractivity contribution in [2.24, 2.45) is 17.8 Å². The molecule has 0 heterocycles. The van der Waals surface area contributed by atoms with Crippen molar-refractivity contribution in [3.8, 4) is 0 Å². The van der Waals surface area contributed by atoms with Crippen molar-refractivity contribution in [2.45, 2.75) is 58.9 Å². The molecule has 0 saturated heterocycles. The maximum Gasteiger partial charge on any atom is 0.00924 e. The first kappa shape index (κ1) is 12.0. The molecule has 1 saturated carbocycles. The summed E-state index contributed by atoms with van der Waals surface area (Å²) in [5.41, 5.74) is 0. The smallest absolute Gasteiger partial charge is 0.00924 e. The zero-order chi connectivity index (χ0) is 10.6. The van der Waals surface area contributed by atoms with E-state index in [1.165, 1.54) is 32.1 Å². The van der Waals surface area contributed by atoms with Crippen LogP contribution < -0.4 is 5.32 Å². The van der Waals surface area contributed by atoms with E-state index < -0.39 is 0 Å². The molecule has 0 aromatic rings. The lowest BCUT2D eigenvalue weighted by atomic mass is 9.90. The Labute approximate surface area is 89.7 Å². The molecule has 0 aromatic carbocycles. The van der Waals surface area contributed by atoms with Crippen LogP contribution in [0, 0.1) is 17.8 Å². The first-order valence-electron chi connectivity index (χ1n) is 6.32. The van der Waals surface area contributed by atoms with E-state index in [-0.39, 0.29) is 0 Å². The van der Waals surface area contributed by atoms with Gasteiger partial charge in [0.15, 0.2) is 0 Å². The van der Waals surface area contributed by atoms with Gasteiger partial charge in [0.05, 0.1) is 0 Å². The summed E-state index contributed by atoms with van der Waals surface area (Å²) in [5, 5.41) is 3.44. The summed E-state index contributed by atoms with van der Waals surface area (Å²) >= 11 is 0. The molecular weight excluding hydrogens is 170 g/mol. The van der Waals surface area contributed by atoms with Gasteiger partial charge in [-0.05, 0) is 37.6 Å². The Balaban J connectivity index is 2.19. The van der Waals surface area contributed by atoms with E-state index in [0.717, 1.165) is 23.8 Å². The average molecular weight is 197 g/mol. The molecule has 1 N–H and O–H groups in total. The Hall–Kier alpha value is -0.0400. The molecule has 0 bridgehead atoms. The van der Waals surface area contributed by atoms with Crippen LogP contribution in [0.5, 0.6) is 0 Å². The summed E-state index contributed by atoms with van der Waals surface area (Å²) < 4.78 is 0. The first-order chi connectivity index (χ1) is 6.65. The second-order valence-electron chi connectivity index (χ2n) is 5.42. The third-order valence-electron chi connectivity index (χ3n) is 3.95. The second kappa shape index (κ2) is 5.75. The fraction of sp³-hybridized carbons (Fsp3) is 1.00. The summed E-state index contributed by atoms with van der Waals surface area (Å²) in [6, 6.07) is 0.791. The molecule has 0 amide bonds. The SMILES string of the molecule is CNC1CCC(CCCC(C)C)C1C. The monoisotopic (exact) mass is 197 g/mol. The van der Waals surface area contributed by atoms with Gasteiger partial charge in [-0.25, -0.2) is 0 Å². The Morgan fingerprint density at radius 2 is 2.00 bits per heavy atom. The van der Waals surface area contributed by atoms with E-state index >= 15 is 0 Å². The maximum atomic E-state index is 3.44. The third kappa shape index (κ3) is 3.27. The van der Waals surface area contributed by atoms with Gasteiger partial charge in [0, 0.05) is 6.04 Å². The van der Waals surface area contributed by atoms with Crippen LogP contribution in [0.25, 0.3) is 0 Å². The van der Waals surface area contributed by atoms with Gasteiger partial charge in [-0.15, -0.1) is 0 Å². The molecule has 0 aliphatic heterocycles. The predicted molar refractivity (Wildman–Crippen MR) is 63.4 cm³/mol. The highest BCUT2D eigenvalue weighted by atomic mass is 14.9. The Morgan fingerprint density at radius 3 is 2.50 bits per heavy atom. The molecule has 3 atom stereocenters. The van der Waals surface area contributed by atoms with E-state index in [1.807, 2.05) is 0 Å². The fourth-order valence-corrected chi connectivity index (χ4v) is 2.85. The van der Waals surface area contributed by atoms with Gasteiger partial charge in [0.2, 0.25) is 0 Å². The second-order valence-corrected chi connectivity index (χ2v) is 5.42. The van der Waals surface area contributed by atoms with Crippen molar-refractivity contribution in [1.82, 2.24) is 5.32 Å². The quantitative estimate of drug-likeness (QED) is 0.712. The van der Waals surface area contributed by atoms with Crippen LogP contribution >= 0.6 is 0 Å². The van der Waals surface area contributed by atoms with Crippen molar-refractivity contribution in [3.05, 3.63) is 0 Å². The summed E-state index contributed by atoms with van der Waals surface area (Å²) in [6.07, 6.45) is 7.14. The number of nitrogens with one attached hydrogen (secondary N) is 1. The molecule has 1 rings (SSSR count). The van der Waals surface area contributed by atoms with Crippen LogP contribution in [0.4, 0.5) is 0 Å². The van der Waals surface area contributed by atoms with Gasteiger partial charge in [-0.3, -0.25) is 0 Å². The normalized spacial score (nSPS) is 32.8. The Morgan fingerprint density at radius 1 is 1.29 bits per heavy atom. The molecule has 0 radical (unpaired) electrons. The summed E-state index contributed by atoms with van der Waals surface area (Å²) in [4.78, 5) is 0. The molecule has 0 aromatic heterocycles. The molecular formula is C13H27N. The number of rotatable bonds is 5. The lowest BCUT2D eigenvalue weighted by Gasteiger charge is -2.20. The summed E-state index contributed by atoms with van der Waals surface area (Å²) in [7, 11) is 2.11. The van der Waals surface area contributed by atoms with Crippen LogP contribution in [-0.4, -0.2) is 13.1 Å². The number of hydrogen-bond donors (Lipinski definition) is 1. The molecule has 14 heavy (non-hydrogen) atoms. The van der Waals surface area contributed by atoms with E-state index in [2.05, 4.69) is 33.1 Å². The molecule has 1 aliphatic rings. The minimum absolute atomic E-state index is 0.791. The van der Waals surface area contributed by atoms with Crippen LogP contribution in [0.3, 0.4) is 0 Å². The average Bonchev–Trinajstić information content (AvgIpc) is 2.47. The zero-order valence-electron chi connectivity index (χ0n) is 10.3. The lowest BCUT2D eigenvalue weighted by Crippen LogP contribution is -2.29. The van der Waals surface area contributed by atoms with Crippen molar-refractivity contribution in [3.63, 3.8) is 0 Å². The van der Waals surface area contributed by atoms with E-state index in [0.29, 0.717) is 0 Å². The summed E-state index contributed by atoms with van der Waals surface area (Å²) in [6.45, 7) is 7.08. The van der Waals surface area contributed by atoms with E-state index in [9.17, 15) is 0 Å². The maximum absolute atomic E-state index is 3.44. The minimum atomic E-state index is 0.791. The highest BCUT2D eigenvalue weighted by Crippen LogP contribution is 2.35. The Kier molecular flexibility index (Phi) is 4.94. The predicted octanol–water partition coefficient (Wildman–Crippen LogP) is 3.45. The molecule has 1 nitrogen and oxygen atoms in total. The highest BCUT2D eigenvalue weighted by molar-refractivity contribution is 4.85. The number of hydrogen-bond acceptors (Lipinski definition) is 1. The third-order valence-corrected chi connectivity index (χ3v) is 3.95. The highest BCUT2D eigenvalue weighted by Gasteiger charge is 2.30. The van der Waals surface area contributed by atoms with Gasteiger partial charge in [0.1, 0.15) is 0 Å². The molecule has 0 spiro atoms. The molecule has 3 unspecified atom stereocenters. The van der Waals surface area contributed by atoms with Crippen LogP contribution in [0.2, 0.25) is 0 Å². The first-order valence-corrected chi connectivity index (χ1v) is 6.32. The topological polar surface area (TPSA) is 12.0 Å². The molecule has 84 valence electrons. The van der Waals surface area contributed by atoms with E-state index in [4.69, 9.17) is 0 Å². The Bertz CT molecular complexity index is 153. The molecule has 1 heteroatoms. The van der Waals surface area contributed by atoms with Gasteiger partial charge >= 0.3 is 0 Å². The van der Waals surface area contributed by atoms with Crippen molar-refractivity contribution >= 4 is 0 Å². The lowest BCUT2D eigenvalue weighted by molar-refractivity contribution is 0.332. The van der Waals surface area contributed by atoms with Crippen molar-refractivity contribution in [2.75, 3.05) is 7.05 Å². The molecule has 1 fully saturated rings. The van der Waals surface area contributed by atoms with Crippen LogP contribution in [-0.2, 0) is 0 Å². The van der Waals surface area contributed by atoms with Gasteiger partial charge in [-0.1, -0.05) is 40.0 Å². The van der Waals surface area contributed by atoms with Gasteiger partial charge in [-0.2, -0.15) is 0 Å². The van der Waals surface area contributed by atoms with Crippen LogP contribution in [0.1, 0.15) is 52.9 Å². The van der Waals surface area contributed by atoms with Gasteiger partial charge < -0.3 is 5.32 Å². The van der Waals surface area contributed by atoms with Crippen molar-refractivity contribution < 1.29 is 0 Å². The van der Waals surface area contributed by atoms with Crippen LogP contribution in [0.15, 0.2) is 0 Å². The minimum Gasteiger partial charge on any atom is -0.317 e. The summed E-state index contributed by atoms with van der Waals surface area (Å²) in [5.74, 6) is 2.77. The zero-order valence-corrected chi connectivity index (χ0v) is 10.3. The standard InChI is InChI=1S/C13H27N/c1-10(2)6-5-7-12-8-9-13(14-4)11(12)3/h10-14H,5-9H2,1-4H3. The van der Waals surface area contributed by atoms with Crippen molar-refractivity contribution in [1.29, 1.82) is 0 Å².